The van der Waals surface area contributed by atoms with Gasteiger partial charge in [0.05, 0.1) is 11.4 Å². The number of aryl methyl sites for hydroxylation is 1. The van der Waals surface area contributed by atoms with Crippen molar-refractivity contribution in [3.8, 4) is 5.69 Å². The maximum Gasteiger partial charge on any atom is 0.222 e. The van der Waals surface area contributed by atoms with Gasteiger partial charge in [-0.3, -0.25) is 9.69 Å². The number of nitrogens with two attached hydrogens (primary N) is 1. The smallest absolute Gasteiger partial charge is 0.222 e. The zero-order valence-electron chi connectivity index (χ0n) is 17.3. The molecule has 0 spiro atoms. The fraction of sp³-hybridized carbons (Fsp3) is 0.545. The fourth-order valence-corrected chi connectivity index (χ4v) is 3.92. The van der Waals surface area contributed by atoms with Gasteiger partial charge in [-0.05, 0) is 58.3 Å². The summed E-state index contributed by atoms with van der Waals surface area (Å²) in [6.07, 6.45) is 4.58. The predicted octanol–water partition coefficient (Wildman–Crippen LogP) is 3.45. The van der Waals surface area contributed by atoms with Crippen LogP contribution in [-0.2, 0) is 4.79 Å². The molecule has 0 saturated carbocycles. The SMILES string of the molecule is CC(=O)Nc1cc(C2CCCCN(C(C)CN)CC2)nn1-c1ccc(C)cc1. The van der Waals surface area contributed by atoms with Crippen molar-refractivity contribution in [2.45, 2.75) is 58.4 Å². The molecule has 3 rings (SSSR count). The number of benzene rings is 1. The number of hydrogen-bond donors (Lipinski definition) is 2. The largest absolute Gasteiger partial charge is 0.329 e. The molecule has 1 aliphatic rings. The third-order valence-electron chi connectivity index (χ3n) is 5.71. The molecule has 1 aromatic heterocycles. The molecule has 1 amide bonds. The van der Waals surface area contributed by atoms with Crippen molar-refractivity contribution in [1.29, 1.82) is 0 Å². The highest BCUT2D eigenvalue weighted by Gasteiger charge is 2.23. The summed E-state index contributed by atoms with van der Waals surface area (Å²) in [5.74, 6) is 1.05. The first kappa shape index (κ1) is 20.6. The van der Waals surface area contributed by atoms with Crippen LogP contribution < -0.4 is 11.1 Å². The van der Waals surface area contributed by atoms with E-state index in [1.54, 1.807) is 0 Å². The second kappa shape index (κ2) is 9.34. The molecule has 2 heterocycles. The molecule has 28 heavy (non-hydrogen) atoms. The number of nitrogens with zero attached hydrogens (tertiary/aromatic N) is 3. The minimum atomic E-state index is -0.0829. The third kappa shape index (κ3) is 5.00. The molecule has 1 saturated heterocycles. The molecule has 1 fully saturated rings. The third-order valence-corrected chi connectivity index (χ3v) is 5.71. The van der Waals surface area contributed by atoms with E-state index in [0.29, 0.717) is 18.5 Å². The van der Waals surface area contributed by atoms with E-state index in [4.69, 9.17) is 10.8 Å². The lowest BCUT2D eigenvalue weighted by molar-refractivity contribution is -0.114. The first-order chi connectivity index (χ1) is 13.5. The highest BCUT2D eigenvalue weighted by Crippen LogP contribution is 2.30. The van der Waals surface area contributed by atoms with Gasteiger partial charge in [-0.2, -0.15) is 5.10 Å². The molecule has 0 bridgehead atoms. The van der Waals surface area contributed by atoms with E-state index in [-0.39, 0.29) is 5.91 Å². The van der Waals surface area contributed by atoms with Gasteiger partial charge in [0.2, 0.25) is 5.91 Å². The Bertz CT molecular complexity index is 783. The number of anilines is 1. The molecule has 6 heteroatoms. The van der Waals surface area contributed by atoms with E-state index < -0.39 is 0 Å². The Labute approximate surface area is 168 Å². The Morgan fingerprint density at radius 2 is 2.00 bits per heavy atom. The van der Waals surface area contributed by atoms with Crippen LogP contribution in [0.4, 0.5) is 5.82 Å². The monoisotopic (exact) mass is 383 g/mol. The molecule has 2 atom stereocenters. The van der Waals surface area contributed by atoms with E-state index in [1.165, 1.54) is 25.3 Å². The van der Waals surface area contributed by atoms with Crippen LogP contribution in [-0.4, -0.2) is 46.3 Å². The Morgan fingerprint density at radius 1 is 1.25 bits per heavy atom. The molecular formula is C22H33N5O. The number of amides is 1. The zero-order valence-corrected chi connectivity index (χ0v) is 17.3. The number of likely N-dealkylation sites (tertiary alicyclic amines) is 1. The van der Waals surface area contributed by atoms with Crippen LogP contribution in [0.3, 0.4) is 0 Å². The van der Waals surface area contributed by atoms with Crippen molar-refractivity contribution in [2.75, 3.05) is 25.0 Å². The van der Waals surface area contributed by atoms with Crippen molar-refractivity contribution in [1.82, 2.24) is 14.7 Å². The average Bonchev–Trinajstić information content (AvgIpc) is 3.04. The Kier molecular flexibility index (Phi) is 6.86. The second-order valence-corrected chi connectivity index (χ2v) is 7.99. The molecule has 2 unspecified atom stereocenters. The maximum absolute atomic E-state index is 11.7. The highest BCUT2D eigenvalue weighted by molar-refractivity contribution is 5.88. The van der Waals surface area contributed by atoms with Crippen molar-refractivity contribution in [3.05, 3.63) is 41.6 Å². The van der Waals surface area contributed by atoms with Gasteiger partial charge in [0.1, 0.15) is 5.82 Å². The number of rotatable bonds is 5. The minimum absolute atomic E-state index is 0.0829. The van der Waals surface area contributed by atoms with E-state index in [1.807, 2.05) is 22.9 Å². The Balaban J connectivity index is 1.86. The summed E-state index contributed by atoms with van der Waals surface area (Å²) < 4.78 is 1.86. The van der Waals surface area contributed by atoms with Gasteiger partial charge in [0.25, 0.3) is 0 Å². The number of carbonyl (C=O) groups is 1. The first-order valence-corrected chi connectivity index (χ1v) is 10.4. The predicted molar refractivity (Wildman–Crippen MR) is 114 cm³/mol. The number of hydrogen-bond acceptors (Lipinski definition) is 4. The van der Waals surface area contributed by atoms with E-state index in [0.717, 1.165) is 43.1 Å². The summed E-state index contributed by atoms with van der Waals surface area (Å²) in [6.45, 7) is 8.66. The summed E-state index contributed by atoms with van der Waals surface area (Å²) in [7, 11) is 0. The minimum Gasteiger partial charge on any atom is -0.329 e. The van der Waals surface area contributed by atoms with Gasteiger partial charge in [-0.25, -0.2) is 4.68 Å². The molecule has 6 nitrogen and oxygen atoms in total. The van der Waals surface area contributed by atoms with E-state index >= 15 is 0 Å². The van der Waals surface area contributed by atoms with Crippen molar-refractivity contribution in [3.63, 3.8) is 0 Å². The normalized spacial score (nSPS) is 19.6. The van der Waals surface area contributed by atoms with Gasteiger partial charge in [-0.15, -0.1) is 0 Å². The topological polar surface area (TPSA) is 76.2 Å². The van der Waals surface area contributed by atoms with Crippen LogP contribution in [0.1, 0.15) is 56.7 Å². The Hall–Kier alpha value is -2.18. The lowest BCUT2D eigenvalue weighted by Crippen LogP contribution is -2.40. The lowest BCUT2D eigenvalue weighted by atomic mass is 9.92. The summed E-state index contributed by atoms with van der Waals surface area (Å²) in [6, 6.07) is 10.7. The summed E-state index contributed by atoms with van der Waals surface area (Å²) in [5, 5.41) is 7.85. The number of nitrogens with one attached hydrogen (secondary N) is 1. The number of carbonyl (C=O) groups excluding carboxylic acids is 1. The van der Waals surface area contributed by atoms with Crippen LogP contribution in [0.15, 0.2) is 30.3 Å². The molecule has 1 aliphatic heterocycles. The van der Waals surface area contributed by atoms with Crippen LogP contribution in [0.25, 0.3) is 5.69 Å². The van der Waals surface area contributed by atoms with E-state index in [9.17, 15) is 4.79 Å². The lowest BCUT2D eigenvalue weighted by Gasteiger charge is -2.31. The summed E-state index contributed by atoms with van der Waals surface area (Å²) in [5.41, 5.74) is 9.11. The number of aromatic nitrogens is 2. The van der Waals surface area contributed by atoms with Crippen LogP contribution >= 0.6 is 0 Å². The molecule has 0 aliphatic carbocycles. The molecule has 2 aromatic rings. The van der Waals surface area contributed by atoms with E-state index in [2.05, 4.69) is 36.2 Å². The fourth-order valence-electron chi connectivity index (χ4n) is 3.92. The average molecular weight is 384 g/mol. The maximum atomic E-state index is 11.7. The molecular weight excluding hydrogens is 350 g/mol. The van der Waals surface area contributed by atoms with Gasteiger partial charge in [0.15, 0.2) is 0 Å². The zero-order chi connectivity index (χ0) is 20.1. The van der Waals surface area contributed by atoms with Crippen LogP contribution in [0.5, 0.6) is 0 Å². The first-order valence-electron chi connectivity index (χ1n) is 10.4. The van der Waals surface area contributed by atoms with Crippen molar-refractivity contribution < 1.29 is 4.79 Å². The van der Waals surface area contributed by atoms with Gasteiger partial charge < -0.3 is 11.1 Å². The highest BCUT2D eigenvalue weighted by atomic mass is 16.1. The van der Waals surface area contributed by atoms with Gasteiger partial charge in [-0.1, -0.05) is 24.1 Å². The van der Waals surface area contributed by atoms with Gasteiger partial charge >= 0.3 is 0 Å². The molecule has 0 radical (unpaired) electrons. The molecule has 1 aromatic carbocycles. The summed E-state index contributed by atoms with van der Waals surface area (Å²) in [4.78, 5) is 14.2. The molecule has 152 valence electrons. The van der Waals surface area contributed by atoms with Gasteiger partial charge in [0, 0.05) is 31.5 Å². The quantitative estimate of drug-likeness (QED) is 0.829. The standard InChI is InChI=1S/C22H33N5O/c1-16-7-9-20(10-8-16)27-22(24-18(3)28)14-21(25-27)19-6-4-5-12-26(13-11-19)17(2)15-23/h7-10,14,17,19H,4-6,11-13,15,23H2,1-3H3,(H,24,28). The molecule has 3 N–H and O–H groups in total. The van der Waals surface area contributed by atoms with Crippen LogP contribution in [0.2, 0.25) is 0 Å². The van der Waals surface area contributed by atoms with Crippen LogP contribution in [0, 0.1) is 6.92 Å². The van der Waals surface area contributed by atoms with Crippen molar-refractivity contribution in [2.24, 2.45) is 5.73 Å². The Morgan fingerprint density at radius 3 is 2.68 bits per heavy atom. The summed E-state index contributed by atoms with van der Waals surface area (Å²) >= 11 is 0. The second-order valence-electron chi connectivity index (χ2n) is 7.99. The van der Waals surface area contributed by atoms with Crippen molar-refractivity contribution >= 4 is 11.7 Å².